The average Bonchev–Trinajstić information content (AvgIpc) is 2.96. The highest BCUT2D eigenvalue weighted by atomic mass is 32.2. The van der Waals surface area contributed by atoms with Crippen molar-refractivity contribution in [1.29, 1.82) is 0 Å². The first-order valence-electron chi connectivity index (χ1n) is 7.54. The molecule has 1 N–H and O–H groups in total. The number of hydrogen-bond acceptors (Lipinski definition) is 4. The summed E-state index contributed by atoms with van der Waals surface area (Å²) in [6, 6.07) is 15.1. The Morgan fingerprint density at radius 1 is 1.25 bits per heavy atom. The molecule has 3 rings (SSSR count). The SMILES string of the molecule is COc1ccc(N2C(=O)CS[C@H]2c2cccc(NC(C)=O)c2)cc1. The first kappa shape index (κ1) is 16.4. The van der Waals surface area contributed by atoms with Crippen LogP contribution < -0.4 is 15.0 Å². The Balaban J connectivity index is 1.91. The normalized spacial score (nSPS) is 17.0. The molecule has 0 unspecified atom stereocenters. The highest BCUT2D eigenvalue weighted by Gasteiger charge is 2.34. The second kappa shape index (κ2) is 6.97. The molecule has 0 bridgehead atoms. The van der Waals surface area contributed by atoms with E-state index in [-0.39, 0.29) is 17.2 Å². The lowest BCUT2D eigenvalue weighted by molar-refractivity contribution is -0.116. The summed E-state index contributed by atoms with van der Waals surface area (Å²) in [5.74, 6) is 1.14. The number of rotatable bonds is 4. The Bertz CT molecular complexity index is 761. The molecule has 1 heterocycles. The molecule has 2 aromatic carbocycles. The first-order chi connectivity index (χ1) is 11.6. The minimum atomic E-state index is -0.116. The van der Waals surface area contributed by atoms with Gasteiger partial charge in [-0.05, 0) is 42.0 Å². The fraction of sp³-hybridized carbons (Fsp3) is 0.222. The van der Waals surface area contributed by atoms with E-state index >= 15 is 0 Å². The summed E-state index contributed by atoms with van der Waals surface area (Å²) in [4.78, 5) is 25.4. The van der Waals surface area contributed by atoms with Gasteiger partial charge in [-0.2, -0.15) is 0 Å². The van der Waals surface area contributed by atoms with E-state index in [0.29, 0.717) is 5.75 Å². The number of hydrogen-bond donors (Lipinski definition) is 1. The van der Waals surface area contributed by atoms with Crippen molar-refractivity contribution >= 4 is 35.0 Å². The van der Waals surface area contributed by atoms with Gasteiger partial charge in [0.25, 0.3) is 0 Å². The summed E-state index contributed by atoms with van der Waals surface area (Å²) in [6.45, 7) is 1.48. The van der Waals surface area contributed by atoms with Gasteiger partial charge in [0.2, 0.25) is 11.8 Å². The molecule has 2 aromatic rings. The van der Waals surface area contributed by atoms with Gasteiger partial charge in [0.15, 0.2) is 0 Å². The molecule has 2 amide bonds. The predicted octanol–water partition coefficient (Wildman–Crippen LogP) is 3.43. The molecule has 0 saturated carbocycles. The van der Waals surface area contributed by atoms with Crippen molar-refractivity contribution in [3.8, 4) is 5.75 Å². The summed E-state index contributed by atoms with van der Waals surface area (Å²) in [5.41, 5.74) is 2.54. The van der Waals surface area contributed by atoms with Gasteiger partial charge in [-0.25, -0.2) is 0 Å². The lowest BCUT2D eigenvalue weighted by Crippen LogP contribution is -2.27. The molecule has 1 saturated heterocycles. The molecule has 1 atom stereocenters. The van der Waals surface area contributed by atoms with Crippen molar-refractivity contribution in [3.05, 3.63) is 54.1 Å². The largest absolute Gasteiger partial charge is 0.497 e. The van der Waals surface area contributed by atoms with Crippen LogP contribution in [0.5, 0.6) is 5.75 Å². The Kier molecular flexibility index (Phi) is 4.76. The maximum Gasteiger partial charge on any atom is 0.238 e. The number of anilines is 2. The second-order valence-electron chi connectivity index (χ2n) is 5.43. The van der Waals surface area contributed by atoms with Crippen LogP contribution in [-0.2, 0) is 9.59 Å². The average molecular weight is 342 g/mol. The third-order valence-corrected chi connectivity index (χ3v) is 4.92. The van der Waals surface area contributed by atoms with Crippen molar-refractivity contribution in [2.45, 2.75) is 12.3 Å². The van der Waals surface area contributed by atoms with Crippen LogP contribution in [0.1, 0.15) is 17.9 Å². The number of carbonyl (C=O) groups is 2. The molecule has 0 radical (unpaired) electrons. The maximum absolute atomic E-state index is 12.4. The summed E-state index contributed by atoms with van der Waals surface area (Å²) >= 11 is 1.58. The van der Waals surface area contributed by atoms with E-state index in [1.54, 1.807) is 23.8 Å². The highest BCUT2D eigenvalue weighted by molar-refractivity contribution is 8.00. The zero-order chi connectivity index (χ0) is 17.1. The van der Waals surface area contributed by atoms with Gasteiger partial charge in [0.1, 0.15) is 11.1 Å². The lowest BCUT2D eigenvalue weighted by atomic mass is 10.1. The predicted molar refractivity (Wildman–Crippen MR) is 96.4 cm³/mol. The fourth-order valence-electron chi connectivity index (χ4n) is 2.67. The van der Waals surface area contributed by atoms with Crippen molar-refractivity contribution in [1.82, 2.24) is 0 Å². The number of carbonyl (C=O) groups excluding carboxylic acids is 2. The Hall–Kier alpha value is -2.47. The van der Waals surface area contributed by atoms with Crippen LogP contribution in [0.15, 0.2) is 48.5 Å². The molecule has 0 aliphatic carbocycles. The minimum absolute atomic E-state index is 0.0695. The highest BCUT2D eigenvalue weighted by Crippen LogP contribution is 2.42. The number of amides is 2. The van der Waals surface area contributed by atoms with Gasteiger partial charge in [0.05, 0.1) is 12.9 Å². The molecule has 1 fully saturated rings. The van der Waals surface area contributed by atoms with Gasteiger partial charge < -0.3 is 10.1 Å². The van der Waals surface area contributed by atoms with E-state index in [9.17, 15) is 9.59 Å². The van der Waals surface area contributed by atoms with Crippen molar-refractivity contribution in [2.24, 2.45) is 0 Å². The van der Waals surface area contributed by atoms with Crippen LogP contribution in [-0.4, -0.2) is 24.7 Å². The molecule has 1 aliphatic heterocycles. The summed E-state index contributed by atoms with van der Waals surface area (Å²) in [6.07, 6.45) is 0. The number of nitrogens with one attached hydrogen (secondary N) is 1. The third kappa shape index (κ3) is 3.38. The van der Waals surface area contributed by atoms with E-state index in [1.807, 2.05) is 48.5 Å². The molecule has 24 heavy (non-hydrogen) atoms. The molecule has 1 aliphatic rings. The number of methoxy groups -OCH3 is 1. The minimum Gasteiger partial charge on any atom is -0.497 e. The zero-order valence-corrected chi connectivity index (χ0v) is 14.3. The molecule has 0 aromatic heterocycles. The maximum atomic E-state index is 12.4. The lowest BCUT2D eigenvalue weighted by Gasteiger charge is -2.25. The van der Waals surface area contributed by atoms with E-state index < -0.39 is 0 Å². The summed E-state index contributed by atoms with van der Waals surface area (Å²) in [5, 5.41) is 2.67. The van der Waals surface area contributed by atoms with Crippen molar-refractivity contribution < 1.29 is 14.3 Å². The second-order valence-corrected chi connectivity index (χ2v) is 6.50. The quantitative estimate of drug-likeness (QED) is 0.925. The topological polar surface area (TPSA) is 58.6 Å². The van der Waals surface area contributed by atoms with Crippen molar-refractivity contribution in [2.75, 3.05) is 23.1 Å². The fourth-order valence-corrected chi connectivity index (χ4v) is 3.83. The Labute approximate surface area is 145 Å². The van der Waals surface area contributed by atoms with Gasteiger partial charge >= 0.3 is 0 Å². The number of thioether (sulfide) groups is 1. The van der Waals surface area contributed by atoms with Gasteiger partial charge in [-0.3, -0.25) is 14.5 Å². The summed E-state index contributed by atoms with van der Waals surface area (Å²) < 4.78 is 5.17. The number of nitrogens with zero attached hydrogens (tertiary/aromatic N) is 1. The number of ether oxygens (including phenoxy) is 1. The standard InChI is InChI=1S/C18H18N2O3S/c1-12(21)19-14-5-3-4-13(10-14)18-20(17(22)11-24-18)15-6-8-16(23-2)9-7-15/h3-10,18H,11H2,1-2H3,(H,19,21)/t18-/m0/s1. The number of benzene rings is 2. The van der Waals surface area contributed by atoms with E-state index in [0.717, 1.165) is 22.7 Å². The molecule has 0 spiro atoms. The van der Waals surface area contributed by atoms with Gasteiger partial charge in [0, 0.05) is 18.3 Å². The Morgan fingerprint density at radius 2 is 2.00 bits per heavy atom. The third-order valence-electron chi connectivity index (χ3n) is 3.71. The smallest absolute Gasteiger partial charge is 0.238 e. The van der Waals surface area contributed by atoms with E-state index in [4.69, 9.17) is 4.74 Å². The molecule has 124 valence electrons. The molecular weight excluding hydrogens is 324 g/mol. The van der Waals surface area contributed by atoms with Crippen LogP contribution >= 0.6 is 11.8 Å². The van der Waals surface area contributed by atoms with E-state index in [1.165, 1.54) is 6.92 Å². The van der Waals surface area contributed by atoms with Crippen molar-refractivity contribution in [3.63, 3.8) is 0 Å². The monoisotopic (exact) mass is 342 g/mol. The van der Waals surface area contributed by atoms with Gasteiger partial charge in [-0.1, -0.05) is 12.1 Å². The molecular formula is C18H18N2O3S. The van der Waals surface area contributed by atoms with Crippen LogP contribution in [0.3, 0.4) is 0 Å². The van der Waals surface area contributed by atoms with Crippen LogP contribution in [0, 0.1) is 0 Å². The summed E-state index contributed by atoms with van der Waals surface area (Å²) in [7, 11) is 1.61. The van der Waals surface area contributed by atoms with Gasteiger partial charge in [-0.15, -0.1) is 11.8 Å². The Morgan fingerprint density at radius 3 is 2.67 bits per heavy atom. The van der Waals surface area contributed by atoms with Crippen LogP contribution in [0.25, 0.3) is 0 Å². The zero-order valence-electron chi connectivity index (χ0n) is 13.5. The molecule has 5 nitrogen and oxygen atoms in total. The molecule has 6 heteroatoms. The first-order valence-corrected chi connectivity index (χ1v) is 8.58. The van der Waals surface area contributed by atoms with E-state index in [2.05, 4.69) is 5.32 Å². The van der Waals surface area contributed by atoms with Crippen LogP contribution in [0.2, 0.25) is 0 Å². The van der Waals surface area contributed by atoms with Crippen LogP contribution in [0.4, 0.5) is 11.4 Å².